The Labute approximate surface area is 250 Å². The van der Waals surface area contributed by atoms with Crippen molar-refractivity contribution in [3.8, 4) is 0 Å². The van der Waals surface area contributed by atoms with Gasteiger partial charge >= 0.3 is 23.9 Å². The molecule has 0 saturated carbocycles. The van der Waals surface area contributed by atoms with E-state index >= 15 is 0 Å². The summed E-state index contributed by atoms with van der Waals surface area (Å²) < 4.78 is 33.0. The summed E-state index contributed by atoms with van der Waals surface area (Å²) in [6.45, 7) is 4.94. The van der Waals surface area contributed by atoms with E-state index in [1.165, 1.54) is 18.7 Å². The first kappa shape index (κ1) is 33.7. The number of nitrogens with zero attached hydrogens (tertiary/aromatic N) is 1. The number of hydrogen-bond donors (Lipinski definition) is 0. The lowest BCUT2D eigenvalue weighted by molar-refractivity contribution is -0.308. The Balaban J connectivity index is 1.48. The minimum absolute atomic E-state index is 0.211. The summed E-state index contributed by atoms with van der Waals surface area (Å²) in [5, 5.41) is 0. The molecule has 0 N–H and O–H groups in total. The molecule has 0 spiro atoms. The molecule has 0 aromatic heterocycles. The molecule has 2 heterocycles. The molecule has 1 fully saturated rings. The van der Waals surface area contributed by atoms with Gasteiger partial charge in [0.1, 0.15) is 12.7 Å². The smallest absolute Gasteiger partial charge is 0.303 e. The summed E-state index contributed by atoms with van der Waals surface area (Å²) in [4.78, 5) is 73.3. The van der Waals surface area contributed by atoms with Crippen LogP contribution in [0.3, 0.4) is 0 Å². The van der Waals surface area contributed by atoms with Crippen molar-refractivity contribution in [2.75, 3.05) is 19.8 Å². The van der Waals surface area contributed by atoms with Crippen LogP contribution < -0.4 is 0 Å². The van der Waals surface area contributed by atoms with E-state index in [-0.39, 0.29) is 25.0 Å². The SMILES string of the molecule is CC(=O)OC[C@H]1O[C@@H](OCCCCCCCCN2C(=O)c3ccccc3C2=O)[C@H](OC(C)=O)[C@@H](OC(C)=O)[C@H]1OC(C)=O. The molecular weight excluding hydrogens is 566 g/mol. The van der Waals surface area contributed by atoms with Crippen molar-refractivity contribution in [3.05, 3.63) is 35.4 Å². The number of rotatable bonds is 15. The summed E-state index contributed by atoms with van der Waals surface area (Å²) in [6, 6.07) is 6.82. The Hall–Kier alpha value is -3.84. The van der Waals surface area contributed by atoms with Gasteiger partial charge in [-0.1, -0.05) is 37.8 Å². The summed E-state index contributed by atoms with van der Waals surface area (Å²) in [7, 11) is 0. The molecule has 5 atom stereocenters. The number of fused-ring (bicyclic) bond motifs is 1. The molecule has 236 valence electrons. The van der Waals surface area contributed by atoms with Crippen LogP contribution in [0.1, 0.15) is 86.9 Å². The average molecular weight is 606 g/mol. The van der Waals surface area contributed by atoms with Crippen molar-refractivity contribution in [1.82, 2.24) is 4.90 Å². The van der Waals surface area contributed by atoms with E-state index in [0.29, 0.717) is 30.5 Å². The number of hydrogen-bond acceptors (Lipinski definition) is 12. The van der Waals surface area contributed by atoms with E-state index < -0.39 is 54.6 Å². The van der Waals surface area contributed by atoms with Gasteiger partial charge in [-0.2, -0.15) is 0 Å². The second kappa shape index (κ2) is 16.1. The van der Waals surface area contributed by atoms with E-state index in [4.69, 9.17) is 28.4 Å². The minimum atomic E-state index is -1.27. The first-order valence-electron chi connectivity index (χ1n) is 14.4. The fraction of sp³-hybridized carbons (Fsp3) is 0.600. The number of imide groups is 1. The number of amides is 2. The molecule has 2 amide bonds. The third-order valence-electron chi connectivity index (χ3n) is 6.88. The molecule has 1 saturated heterocycles. The lowest BCUT2D eigenvalue weighted by Crippen LogP contribution is -2.63. The van der Waals surface area contributed by atoms with Crippen LogP contribution in [0.2, 0.25) is 0 Å². The van der Waals surface area contributed by atoms with Gasteiger partial charge in [0.15, 0.2) is 24.6 Å². The van der Waals surface area contributed by atoms with Crippen LogP contribution in [-0.2, 0) is 47.6 Å². The van der Waals surface area contributed by atoms with Crippen LogP contribution in [0, 0.1) is 0 Å². The molecule has 0 radical (unpaired) electrons. The Morgan fingerprint density at radius 2 is 1.21 bits per heavy atom. The number of esters is 4. The van der Waals surface area contributed by atoms with Gasteiger partial charge in [-0.25, -0.2) is 0 Å². The van der Waals surface area contributed by atoms with Crippen molar-refractivity contribution in [3.63, 3.8) is 0 Å². The highest BCUT2D eigenvalue weighted by atomic mass is 16.7. The molecular formula is C30H39NO12. The van der Waals surface area contributed by atoms with Crippen LogP contribution in [0.15, 0.2) is 24.3 Å². The molecule has 0 aliphatic carbocycles. The second-order valence-corrected chi connectivity index (χ2v) is 10.4. The normalized spacial score (nSPS) is 23.0. The summed E-state index contributed by atoms with van der Waals surface area (Å²) in [5.74, 6) is -3.21. The van der Waals surface area contributed by atoms with E-state index in [1.54, 1.807) is 24.3 Å². The Morgan fingerprint density at radius 3 is 1.77 bits per heavy atom. The van der Waals surface area contributed by atoms with Crippen molar-refractivity contribution in [1.29, 1.82) is 0 Å². The molecule has 1 aromatic rings. The van der Waals surface area contributed by atoms with Gasteiger partial charge in [-0.3, -0.25) is 33.7 Å². The van der Waals surface area contributed by atoms with Gasteiger partial charge in [0, 0.05) is 40.8 Å². The quantitative estimate of drug-likeness (QED) is 0.125. The fourth-order valence-electron chi connectivity index (χ4n) is 5.04. The number of ether oxygens (including phenoxy) is 6. The number of benzene rings is 1. The minimum Gasteiger partial charge on any atom is -0.463 e. The summed E-state index contributed by atoms with van der Waals surface area (Å²) in [5.41, 5.74) is 0.897. The molecule has 1 aromatic carbocycles. The Morgan fingerprint density at radius 1 is 0.698 bits per heavy atom. The molecule has 0 bridgehead atoms. The van der Waals surface area contributed by atoms with Crippen LogP contribution in [0.25, 0.3) is 0 Å². The molecule has 3 rings (SSSR count). The van der Waals surface area contributed by atoms with Crippen molar-refractivity contribution in [2.24, 2.45) is 0 Å². The van der Waals surface area contributed by atoms with Gasteiger partial charge in [-0.05, 0) is 25.0 Å². The largest absolute Gasteiger partial charge is 0.463 e. The molecule has 13 nitrogen and oxygen atoms in total. The summed E-state index contributed by atoms with van der Waals surface area (Å²) >= 11 is 0. The van der Waals surface area contributed by atoms with Crippen LogP contribution in [-0.4, -0.2) is 91.1 Å². The van der Waals surface area contributed by atoms with E-state index in [9.17, 15) is 28.8 Å². The lowest BCUT2D eigenvalue weighted by atomic mass is 9.98. The van der Waals surface area contributed by atoms with E-state index in [1.807, 2.05) is 0 Å². The van der Waals surface area contributed by atoms with Gasteiger partial charge in [0.05, 0.1) is 11.1 Å². The fourth-order valence-corrected chi connectivity index (χ4v) is 5.04. The maximum absolute atomic E-state index is 12.5. The highest BCUT2D eigenvalue weighted by Gasteiger charge is 2.52. The predicted octanol–water partition coefficient (Wildman–Crippen LogP) is 2.72. The second-order valence-electron chi connectivity index (χ2n) is 10.4. The van der Waals surface area contributed by atoms with Gasteiger partial charge in [0.25, 0.3) is 11.8 Å². The van der Waals surface area contributed by atoms with E-state index in [0.717, 1.165) is 39.5 Å². The molecule has 0 unspecified atom stereocenters. The van der Waals surface area contributed by atoms with Gasteiger partial charge in [0.2, 0.25) is 0 Å². The Bertz CT molecular complexity index is 1150. The third-order valence-corrected chi connectivity index (χ3v) is 6.88. The zero-order chi connectivity index (χ0) is 31.5. The highest BCUT2D eigenvalue weighted by molar-refractivity contribution is 6.21. The van der Waals surface area contributed by atoms with Crippen LogP contribution >= 0.6 is 0 Å². The molecule has 43 heavy (non-hydrogen) atoms. The van der Waals surface area contributed by atoms with Crippen molar-refractivity contribution < 1.29 is 57.2 Å². The first-order chi connectivity index (χ1) is 20.5. The molecule has 13 heteroatoms. The highest BCUT2D eigenvalue weighted by Crippen LogP contribution is 2.30. The summed E-state index contributed by atoms with van der Waals surface area (Å²) in [6.07, 6.45) is -1.26. The predicted molar refractivity (Wildman–Crippen MR) is 147 cm³/mol. The number of carbonyl (C=O) groups is 6. The third kappa shape index (κ3) is 9.58. The topological polar surface area (TPSA) is 161 Å². The van der Waals surface area contributed by atoms with Crippen molar-refractivity contribution in [2.45, 2.75) is 96.9 Å². The zero-order valence-corrected chi connectivity index (χ0v) is 24.9. The molecule has 2 aliphatic heterocycles. The van der Waals surface area contributed by atoms with E-state index in [2.05, 4.69) is 0 Å². The maximum atomic E-state index is 12.5. The van der Waals surface area contributed by atoms with Gasteiger partial charge in [-0.15, -0.1) is 0 Å². The number of unbranched alkanes of at least 4 members (excludes halogenated alkanes) is 5. The monoisotopic (exact) mass is 605 g/mol. The first-order valence-corrected chi connectivity index (χ1v) is 14.4. The standard InChI is InChI=1S/C30H39NO12/c1-18(32)39-17-24-25(40-19(2)33)26(41-20(3)34)27(42-21(4)35)30(43-24)38-16-12-8-6-5-7-11-15-31-28(36)22-13-9-10-14-23(22)29(31)37/h9-10,13-14,24-27,30H,5-8,11-12,15-17H2,1-4H3/t24-,25+,26+,27-,30-/m1/s1. The zero-order valence-electron chi connectivity index (χ0n) is 24.9. The van der Waals surface area contributed by atoms with Crippen LogP contribution in [0.4, 0.5) is 0 Å². The lowest BCUT2D eigenvalue weighted by Gasteiger charge is -2.44. The maximum Gasteiger partial charge on any atom is 0.303 e. The van der Waals surface area contributed by atoms with Gasteiger partial charge < -0.3 is 28.4 Å². The average Bonchev–Trinajstić information content (AvgIpc) is 3.18. The van der Waals surface area contributed by atoms with Crippen molar-refractivity contribution >= 4 is 35.7 Å². The molecule has 2 aliphatic rings. The Kier molecular flexibility index (Phi) is 12.6. The number of carbonyl (C=O) groups excluding carboxylic acids is 6. The van der Waals surface area contributed by atoms with Crippen LogP contribution in [0.5, 0.6) is 0 Å².